The van der Waals surface area contributed by atoms with Crippen molar-refractivity contribution in [2.45, 2.75) is 45.7 Å². The molecule has 0 aliphatic heterocycles. The molecule has 4 heteroatoms. The maximum absolute atomic E-state index is 11.3. The van der Waals surface area contributed by atoms with E-state index in [9.17, 15) is 4.79 Å². The van der Waals surface area contributed by atoms with Gasteiger partial charge in [0.2, 0.25) is 5.91 Å². The smallest absolute Gasteiger partial charge is 0.221 e. The minimum atomic E-state index is 0.0547. The second-order valence-corrected chi connectivity index (χ2v) is 4.91. The van der Waals surface area contributed by atoms with Gasteiger partial charge in [-0.1, -0.05) is 13.8 Å². The van der Waals surface area contributed by atoms with Gasteiger partial charge < -0.3 is 11.1 Å². The fourth-order valence-electron chi connectivity index (χ4n) is 1.92. The molecule has 0 aromatic carbocycles. The maximum atomic E-state index is 11.3. The number of nitrogens with two attached hydrogens (primary N) is 1. The van der Waals surface area contributed by atoms with Gasteiger partial charge in [0.05, 0.1) is 0 Å². The maximum Gasteiger partial charge on any atom is 0.221 e. The number of carbonyl (C=O) groups is 1. The monoisotopic (exact) mass is 229 g/mol. The van der Waals surface area contributed by atoms with Crippen LogP contribution >= 0.6 is 0 Å². The SMILES string of the molecule is CNC(=O)CC(CN)N(C)C(C)CC(C)C. The molecule has 0 bridgehead atoms. The van der Waals surface area contributed by atoms with Crippen LogP contribution in [0.4, 0.5) is 0 Å². The number of amides is 1. The summed E-state index contributed by atoms with van der Waals surface area (Å²) < 4.78 is 0. The third-order valence-corrected chi connectivity index (χ3v) is 3.06. The van der Waals surface area contributed by atoms with Gasteiger partial charge >= 0.3 is 0 Å². The van der Waals surface area contributed by atoms with Gasteiger partial charge in [-0.2, -0.15) is 0 Å². The van der Waals surface area contributed by atoms with Gasteiger partial charge in [-0.15, -0.1) is 0 Å². The minimum Gasteiger partial charge on any atom is -0.359 e. The molecule has 0 rings (SSSR count). The highest BCUT2D eigenvalue weighted by Crippen LogP contribution is 2.13. The molecule has 0 aliphatic carbocycles. The van der Waals surface area contributed by atoms with Crippen LogP contribution in [0.5, 0.6) is 0 Å². The van der Waals surface area contributed by atoms with Gasteiger partial charge in [-0.05, 0) is 26.3 Å². The summed E-state index contributed by atoms with van der Waals surface area (Å²) in [6.45, 7) is 7.12. The van der Waals surface area contributed by atoms with Crippen LogP contribution in [0.15, 0.2) is 0 Å². The van der Waals surface area contributed by atoms with Crippen LogP contribution < -0.4 is 11.1 Å². The highest BCUT2D eigenvalue weighted by atomic mass is 16.1. The lowest BCUT2D eigenvalue weighted by atomic mass is 10.0. The first-order valence-corrected chi connectivity index (χ1v) is 6.04. The molecule has 0 spiro atoms. The lowest BCUT2D eigenvalue weighted by Gasteiger charge is -2.33. The summed E-state index contributed by atoms with van der Waals surface area (Å²) >= 11 is 0. The van der Waals surface area contributed by atoms with Crippen LogP contribution in [-0.4, -0.2) is 43.5 Å². The topological polar surface area (TPSA) is 58.4 Å². The lowest BCUT2D eigenvalue weighted by molar-refractivity contribution is -0.121. The minimum absolute atomic E-state index is 0.0547. The molecular weight excluding hydrogens is 202 g/mol. The van der Waals surface area contributed by atoms with Crippen LogP contribution in [-0.2, 0) is 4.79 Å². The summed E-state index contributed by atoms with van der Waals surface area (Å²) in [5, 5.41) is 2.64. The first kappa shape index (κ1) is 15.4. The second kappa shape index (κ2) is 7.63. The van der Waals surface area contributed by atoms with Gasteiger partial charge in [-0.25, -0.2) is 0 Å². The molecule has 1 amide bonds. The van der Waals surface area contributed by atoms with E-state index in [0.717, 1.165) is 6.42 Å². The van der Waals surface area contributed by atoms with Crippen LogP contribution in [0, 0.1) is 5.92 Å². The normalized spacial score (nSPS) is 15.2. The molecule has 0 fully saturated rings. The van der Waals surface area contributed by atoms with E-state index >= 15 is 0 Å². The number of likely N-dealkylation sites (N-methyl/N-ethyl adjacent to an activating group) is 1. The van der Waals surface area contributed by atoms with Crippen molar-refractivity contribution in [3.8, 4) is 0 Å². The molecule has 16 heavy (non-hydrogen) atoms. The quantitative estimate of drug-likeness (QED) is 0.679. The fourth-order valence-corrected chi connectivity index (χ4v) is 1.92. The van der Waals surface area contributed by atoms with Crippen molar-refractivity contribution in [3.63, 3.8) is 0 Å². The van der Waals surface area contributed by atoms with Crippen molar-refractivity contribution in [2.75, 3.05) is 20.6 Å². The summed E-state index contributed by atoms with van der Waals surface area (Å²) in [4.78, 5) is 13.6. The molecule has 0 saturated heterocycles. The van der Waals surface area contributed by atoms with E-state index in [1.807, 2.05) is 7.05 Å². The first-order valence-electron chi connectivity index (χ1n) is 6.04. The fraction of sp³-hybridized carbons (Fsp3) is 0.917. The van der Waals surface area contributed by atoms with Crippen molar-refractivity contribution in [1.29, 1.82) is 0 Å². The van der Waals surface area contributed by atoms with Gasteiger partial charge in [-0.3, -0.25) is 9.69 Å². The van der Waals surface area contributed by atoms with Crippen LogP contribution in [0.2, 0.25) is 0 Å². The largest absolute Gasteiger partial charge is 0.359 e. The Kier molecular flexibility index (Phi) is 7.34. The van der Waals surface area contributed by atoms with Crippen molar-refractivity contribution in [1.82, 2.24) is 10.2 Å². The molecule has 3 N–H and O–H groups in total. The molecular formula is C12H27N3O. The lowest BCUT2D eigenvalue weighted by Crippen LogP contribution is -2.45. The zero-order chi connectivity index (χ0) is 12.7. The summed E-state index contributed by atoms with van der Waals surface area (Å²) in [5.74, 6) is 0.718. The highest BCUT2D eigenvalue weighted by Gasteiger charge is 2.21. The Hall–Kier alpha value is -0.610. The van der Waals surface area contributed by atoms with Gasteiger partial charge in [0.1, 0.15) is 0 Å². The summed E-state index contributed by atoms with van der Waals surface area (Å²) in [6.07, 6.45) is 1.60. The molecule has 2 atom stereocenters. The van der Waals surface area contributed by atoms with Crippen molar-refractivity contribution >= 4 is 5.91 Å². The Morgan fingerprint density at radius 3 is 2.31 bits per heavy atom. The number of carbonyl (C=O) groups excluding carboxylic acids is 1. The molecule has 96 valence electrons. The van der Waals surface area contributed by atoms with Gasteiger partial charge in [0.25, 0.3) is 0 Å². The van der Waals surface area contributed by atoms with Crippen molar-refractivity contribution in [2.24, 2.45) is 11.7 Å². The van der Waals surface area contributed by atoms with Crippen LogP contribution in [0.25, 0.3) is 0 Å². The number of hydrogen-bond acceptors (Lipinski definition) is 3. The first-order chi connectivity index (χ1) is 7.42. The summed E-state index contributed by atoms with van der Waals surface area (Å²) in [5.41, 5.74) is 5.72. The van der Waals surface area contributed by atoms with E-state index in [0.29, 0.717) is 24.9 Å². The van der Waals surface area contributed by atoms with E-state index in [1.54, 1.807) is 7.05 Å². The van der Waals surface area contributed by atoms with E-state index in [4.69, 9.17) is 5.73 Å². The Balaban J connectivity index is 4.28. The van der Waals surface area contributed by atoms with E-state index in [1.165, 1.54) is 0 Å². The van der Waals surface area contributed by atoms with Gasteiger partial charge in [0, 0.05) is 32.1 Å². The van der Waals surface area contributed by atoms with Crippen molar-refractivity contribution < 1.29 is 4.79 Å². The molecule has 0 aromatic rings. The molecule has 0 aromatic heterocycles. The third kappa shape index (κ3) is 5.47. The second-order valence-electron chi connectivity index (χ2n) is 4.91. The predicted octanol–water partition coefficient (Wildman–Crippen LogP) is 0.816. The summed E-state index contributed by atoms with van der Waals surface area (Å²) in [6, 6.07) is 0.590. The summed E-state index contributed by atoms with van der Waals surface area (Å²) in [7, 11) is 3.71. The Bertz CT molecular complexity index is 206. The van der Waals surface area contributed by atoms with Crippen LogP contribution in [0.1, 0.15) is 33.6 Å². The molecule has 2 unspecified atom stereocenters. The van der Waals surface area contributed by atoms with Gasteiger partial charge in [0.15, 0.2) is 0 Å². The standard InChI is InChI=1S/C12H27N3O/c1-9(2)6-10(3)15(5)11(8-13)7-12(16)14-4/h9-11H,6-8,13H2,1-5H3,(H,14,16). The number of hydrogen-bond donors (Lipinski definition) is 2. The zero-order valence-electron chi connectivity index (χ0n) is 11.3. The van der Waals surface area contributed by atoms with Crippen LogP contribution in [0.3, 0.4) is 0 Å². The predicted molar refractivity (Wildman–Crippen MR) is 68.2 cm³/mol. The molecule has 4 nitrogen and oxygen atoms in total. The van der Waals surface area contributed by atoms with E-state index in [2.05, 4.69) is 31.0 Å². The number of rotatable bonds is 7. The highest BCUT2D eigenvalue weighted by molar-refractivity contribution is 5.76. The molecule has 0 aliphatic rings. The zero-order valence-corrected chi connectivity index (χ0v) is 11.3. The molecule has 0 heterocycles. The Morgan fingerprint density at radius 2 is 1.94 bits per heavy atom. The van der Waals surface area contributed by atoms with Crippen molar-refractivity contribution in [3.05, 3.63) is 0 Å². The average Bonchev–Trinajstić information content (AvgIpc) is 2.23. The molecule has 0 saturated carbocycles. The van der Waals surface area contributed by atoms with E-state index in [-0.39, 0.29) is 11.9 Å². The Morgan fingerprint density at radius 1 is 1.38 bits per heavy atom. The number of nitrogens with zero attached hydrogens (tertiary/aromatic N) is 1. The third-order valence-electron chi connectivity index (χ3n) is 3.06. The number of nitrogens with one attached hydrogen (secondary N) is 1. The van der Waals surface area contributed by atoms with E-state index < -0.39 is 0 Å². The Labute approximate surface area is 99.6 Å². The molecule has 0 radical (unpaired) electrons. The average molecular weight is 229 g/mol.